The SMILES string of the molecule is CC(COP(=O)(O)O)OC(C)n1ccc(N)nc1=O. The van der Waals surface area contributed by atoms with Crippen LogP contribution in [0.4, 0.5) is 5.82 Å². The first kappa shape index (κ1) is 15.8. The van der Waals surface area contributed by atoms with E-state index in [0.717, 1.165) is 0 Å². The molecular weight excluding hydrogens is 277 g/mol. The second-order valence-corrected chi connectivity index (χ2v) is 5.11. The Kier molecular flexibility index (Phi) is 5.21. The van der Waals surface area contributed by atoms with Gasteiger partial charge in [0, 0.05) is 6.20 Å². The Bertz CT molecular complexity index is 527. The smallest absolute Gasteiger partial charge is 0.383 e. The normalized spacial score (nSPS) is 15.2. The molecule has 2 atom stereocenters. The Morgan fingerprint density at radius 2 is 2.16 bits per heavy atom. The highest BCUT2D eigenvalue weighted by atomic mass is 31.2. The maximum atomic E-state index is 11.5. The van der Waals surface area contributed by atoms with Gasteiger partial charge in [0.05, 0.1) is 12.7 Å². The molecule has 0 saturated heterocycles. The van der Waals surface area contributed by atoms with E-state index in [0.29, 0.717) is 0 Å². The molecule has 0 aliphatic heterocycles. The third kappa shape index (κ3) is 5.50. The largest absolute Gasteiger partial charge is 0.469 e. The maximum Gasteiger partial charge on any atom is 0.469 e. The van der Waals surface area contributed by atoms with Crippen molar-refractivity contribution in [2.45, 2.75) is 26.2 Å². The third-order valence-electron chi connectivity index (χ3n) is 2.15. The summed E-state index contributed by atoms with van der Waals surface area (Å²) < 4.78 is 21.4. The van der Waals surface area contributed by atoms with Gasteiger partial charge in [0.15, 0.2) is 0 Å². The number of anilines is 1. The molecule has 1 rings (SSSR count). The predicted molar refractivity (Wildman–Crippen MR) is 66.2 cm³/mol. The second-order valence-electron chi connectivity index (χ2n) is 3.87. The van der Waals surface area contributed by atoms with Crippen LogP contribution in [0.2, 0.25) is 0 Å². The van der Waals surface area contributed by atoms with E-state index >= 15 is 0 Å². The highest BCUT2D eigenvalue weighted by Gasteiger charge is 2.18. The molecule has 1 aromatic rings. The molecule has 0 saturated carbocycles. The summed E-state index contributed by atoms with van der Waals surface area (Å²) in [6.07, 6.45) is 0.134. The standard InChI is InChI=1S/C9H16N3O6P/c1-6(5-17-19(14,15)16)18-7(2)12-4-3-8(10)11-9(12)13/h3-4,6-7H,5H2,1-2H3,(H2,10,11,13)(H2,14,15,16). The predicted octanol–water partition coefficient (Wildman–Crippen LogP) is -0.142. The van der Waals surface area contributed by atoms with E-state index in [9.17, 15) is 9.36 Å². The molecule has 1 aromatic heterocycles. The maximum absolute atomic E-state index is 11.5. The first-order valence-electron chi connectivity index (χ1n) is 5.39. The van der Waals surface area contributed by atoms with Gasteiger partial charge in [-0.15, -0.1) is 0 Å². The fourth-order valence-electron chi connectivity index (χ4n) is 1.35. The van der Waals surface area contributed by atoms with Crippen molar-refractivity contribution < 1.29 is 23.6 Å². The van der Waals surface area contributed by atoms with Crippen molar-refractivity contribution in [2.75, 3.05) is 12.3 Å². The van der Waals surface area contributed by atoms with Crippen molar-refractivity contribution in [2.24, 2.45) is 0 Å². The van der Waals surface area contributed by atoms with Crippen LogP contribution in [0.15, 0.2) is 17.1 Å². The summed E-state index contributed by atoms with van der Waals surface area (Å²) in [5, 5.41) is 0. The van der Waals surface area contributed by atoms with Crippen LogP contribution >= 0.6 is 7.82 Å². The van der Waals surface area contributed by atoms with E-state index in [1.54, 1.807) is 13.8 Å². The lowest BCUT2D eigenvalue weighted by Crippen LogP contribution is -2.30. The van der Waals surface area contributed by atoms with Gasteiger partial charge in [-0.2, -0.15) is 4.98 Å². The number of phosphoric acid groups is 1. The number of hydrogen-bond donors (Lipinski definition) is 3. The molecule has 19 heavy (non-hydrogen) atoms. The van der Waals surface area contributed by atoms with Gasteiger partial charge in [0.25, 0.3) is 0 Å². The minimum Gasteiger partial charge on any atom is -0.383 e. The highest BCUT2D eigenvalue weighted by Crippen LogP contribution is 2.35. The zero-order chi connectivity index (χ0) is 14.6. The average molecular weight is 293 g/mol. The van der Waals surface area contributed by atoms with Crippen LogP contribution in [-0.4, -0.2) is 32.0 Å². The van der Waals surface area contributed by atoms with Crippen LogP contribution in [0.5, 0.6) is 0 Å². The van der Waals surface area contributed by atoms with Crippen molar-refractivity contribution in [1.29, 1.82) is 0 Å². The zero-order valence-electron chi connectivity index (χ0n) is 10.5. The third-order valence-corrected chi connectivity index (χ3v) is 2.64. The van der Waals surface area contributed by atoms with Crippen LogP contribution in [0, 0.1) is 0 Å². The van der Waals surface area contributed by atoms with Gasteiger partial charge in [-0.1, -0.05) is 0 Å². The Balaban J connectivity index is 2.61. The molecule has 0 spiro atoms. The van der Waals surface area contributed by atoms with Crippen molar-refractivity contribution in [1.82, 2.24) is 9.55 Å². The summed E-state index contributed by atoms with van der Waals surface area (Å²) in [5.74, 6) is 0.103. The Morgan fingerprint density at radius 3 is 2.68 bits per heavy atom. The summed E-state index contributed by atoms with van der Waals surface area (Å²) in [6.45, 7) is 2.85. The molecule has 0 fully saturated rings. The molecule has 1 heterocycles. The van der Waals surface area contributed by atoms with E-state index in [1.165, 1.54) is 16.8 Å². The van der Waals surface area contributed by atoms with Crippen molar-refractivity contribution >= 4 is 13.6 Å². The molecule has 0 aliphatic carbocycles. The molecule has 9 nitrogen and oxygen atoms in total. The van der Waals surface area contributed by atoms with Crippen molar-refractivity contribution in [3.8, 4) is 0 Å². The van der Waals surface area contributed by atoms with Gasteiger partial charge in [-0.05, 0) is 19.9 Å². The fourth-order valence-corrected chi connectivity index (χ4v) is 1.75. The quantitative estimate of drug-likeness (QED) is 0.616. The summed E-state index contributed by atoms with van der Waals surface area (Å²) in [6, 6.07) is 1.44. The van der Waals surface area contributed by atoms with Crippen LogP contribution in [0.1, 0.15) is 20.1 Å². The lowest BCUT2D eigenvalue weighted by molar-refractivity contribution is -0.0571. The molecule has 0 amide bonds. The average Bonchev–Trinajstić information content (AvgIpc) is 2.25. The lowest BCUT2D eigenvalue weighted by Gasteiger charge is -2.20. The van der Waals surface area contributed by atoms with Crippen molar-refractivity contribution in [3.05, 3.63) is 22.7 Å². The number of nitrogen functional groups attached to an aromatic ring is 1. The van der Waals surface area contributed by atoms with Crippen LogP contribution in [-0.2, 0) is 13.8 Å². The number of aromatic nitrogens is 2. The molecule has 0 aromatic carbocycles. The number of nitrogens with two attached hydrogens (primary N) is 1. The second kappa shape index (κ2) is 6.27. The Morgan fingerprint density at radius 1 is 1.53 bits per heavy atom. The summed E-state index contributed by atoms with van der Waals surface area (Å²) in [4.78, 5) is 32.1. The highest BCUT2D eigenvalue weighted by molar-refractivity contribution is 7.46. The summed E-state index contributed by atoms with van der Waals surface area (Å²) >= 11 is 0. The minimum atomic E-state index is -4.53. The Labute approximate surface area is 109 Å². The first-order chi connectivity index (χ1) is 8.69. The lowest BCUT2D eigenvalue weighted by atomic mass is 10.4. The number of nitrogens with zero attached hydrogens (tertiary/aromatic N) is 2. The van der Waals surface area contributed by atoms with Crippen LogP contribution in [0.3, 0.4) is 0 Å². The van der Waals surface area contributed by atoms with Gasteiger partial charge in [-0.3, -0.25) is 9.09 Å². The van der Waals surface area contributed by atoms with E-state index in [1.807, 2.05) is 0 Å². The molecule has 0 aliphatic rings. The number of phosphoric ester groups is 1. The number of rotatable bonds is 6. The van der Waals surface area contributed by atoms with Gasteiger partial charge in [-0.25, -0.2) is 9.36 Å². The molecule has 0 bridgehead atoms. The molecule has 4 N–H and O–H groups in total. The zero-order valence-corrected chi connectivity index (χ0v) is 11.4. The molecule has 2 unspecified atom stereocenters. The Hall–Kier alpha value is -1.25. The fraction of sp³-hybridized carbons (Fsp3) is 0.556. The van der Waals surface area contributed by atoms with E-state index in [2.05, 4.69) is 9.51 Å². The molecule has 10 heteroatoms. The van der Waals surface area contributed by atoms with E-state index in [-0.39, 0.29) is 12.4 Å². The minimum absolute atomic E-state index is 0.103. The number of ether oxygens (including phenoxy) is 1. The van der Waals surface area contributed by atoms with E-state index < -0.39 is 25.8 Å². The molecule has 0 radical (unpaired) electrons. The molecule has 108 valence electrons. The number of hydrogen-bond acceptors (Lipinski definition) is 6. The van der Waals surface area contributed by atoms with Gasteiger partial charge in [0.1, 0.15) is 12.0 Å². The van der Waals surface area contributed by atoms with Gasteiger partial charge < -0.3 is 20.3 Å². The van der Waals surface area contributed by atoms with E-state index in [4.69, 9.17) is 20.3 Å². The van der Waals surface area contributed by atoms with Gasteiger partial charge >= 0.3 is 13.5 Å². The summed E-state index contributed by atoms with van der Waals surface area (Å²) in [5.41, 5.74) is 4.78. The molecular formula is C9H16N3O6P. The van der Waals surface area contributed by atoms with Crippen molar-refractivity contribution in [3.63, 3.8) is 0 Å². The first-order valence-corrected chi connectivity index (χ1v) is 6.92. The monoisotopic (exact) mass is 293 g/mol. The topological polar surface area (TPSA) is 137 Å². The van der Waals surface area contributed by atoms with Crippen LogP contribution < -0.4 is 11.4 Å². The van der Waals surface area contributed by atoms with Crippen LogP contribution in [0.25, 0.3) is 0 Å². The summed E-state index contributed by atoms with van der Waals surface area (Å²) in [7, 11) is -4.53. The van der Waals surface area contributed by atoms with Gasteiger partial charge in [0.2, 0.25) is 0 Å².